The first-order chi connectivity index (χ1) is 6.06. The highest BCUT2D eigenvalue weighted by molar-refractivity contribution is 5.81. The van der Waals surface area contributed by atoms with E-state index in [-0.39, 0.29) is 11.9 Å². The third-order valence-electron chi connectivity index (χ3n) is 2.40. The predicted octanol–water partition coefficient (Wildman–Crippen LogP) is -0.929. The molecule has 0 aromatic heterocycles. The van der Waals surface area contributed by atoms with Crippen LogP contribution < -0.4 is 0 Å². The Bertz CT molecular complexity index is 198. The molecular weight excluding hydrogens is 172 g/mol. The number of carbonyl (C=O) groups is 1. The average Bonchev–Trinajstić information content (AvgIpc) is 2.42. The van der Waals surface area contributed by atoms with E-state index >= 15 is 0 Å². The van der Waals surface area contributed by atoms with Gasteiger partial charge in [-0.15, -0.1) is 0 Å². The van der Waals surface area contributed by atoms with Gasteiger partial charge < -0.3 is 5.11 Å². The van der Waals surface area contributed by atoms with Crippen LogP contribution >= 0.6 is 0 Å². The van der Waals surface area contributed by atoms with Gasteiger partial charge in [-0.2, -0.15) is 0 Å². The van der Waals surface area contributed by atoms with E-state index in [4.69, 9.17) is 4.84 Å². The fourth-order valence-electron chi connectivity index (χ4n) is 1.56. The van der Waals surface area contributed by atoms with E-state index in [0.717, 1.165) is 0 Å². The Morgan fingerprint density at radius 3 is 2.69 bits per heavy atom. The number of hydroxylamine groups is 2. The van der Waals surface area contributed by atoms with Crippen LogP contribution in [0.5, 0.6) is 0 Å². The molecule has 0 radical (unpaired) electrons. The minimum atomic E-state index is -0.399. The number of carbonyl (C=O) groups excluding carboxylic acids is 1. The van der Waals surface area contributed by atoms with Crippen molar-refractivity contribution in [3.63, 3.8) is 0 Å². The monoisotopic (exact) mass is 188 g/mol. The van der Waals surface area contributed by atoms with Crippen LogP contribution in [0.4, 0.5) is 0 Å². The molecule has 5 nitrogen and oxygen atoms in total. The Hall–Kier alpha value is -0.650. The number of amides is 1. The summed E-state index contributed by atoms with van der Waals surface area (Å²) in [5.41, 5.74) is 0. The molecule has 1 amide bonds. The molecule has 13 heavy (non-hydrogen) atoms. The molecule has 0 bridgehead atoms. The first-order valence-electron chi connectivity index (χ1n) is 4.26. The molecule has 1 aliphatic heterocycles. The second kappa shape index (κ2) is 4.04. The van der Waals surface area contributed by atoms with Crippen LogP contribution in [0.15, 0.2) is 0 Å². The number of likely N-dealkylation sites (tertiary alicyclic amines) is 1. The highest BCUT2D eigenvalue weighted by Crippen LogP contribution is 2.17. The molecule has 1 fully saturated rings. The number of hydrogen-bond donors (Lipinski definition) is 1. The minimum absolute atomic E-state index is 0.110. The summed E-state index contributed by atoms with van der Waals surface area (Å²) in [5, 5.41) is 10.5. The predicted molar refractivity (Wildman–Crippen MR) is 46.8 cm³/mol. The van der Waals surface area contributed by atoms with Gasteiger partial charge in [-0.3, -0.25) is 14.5 Å². The molecule has 1 saturated heterocycles. The summed E-state index contributed by atoms with van der Waals surface area (Å²) in [5.74, 6) is -0.110. The van der Waals surface area contributed by atoms with E-state index in [1.807, 2.05) is 11.9 Å². The van der Waals surface area contributed by atoms with Crippen molar-refractivity contribution in [3.05, 3.63) is 0 Å². The zero-order chi connectivity index (χ0) is 10.0. The fourth-order valence-corrected chi connectivity index (χ4v) is 1.56. The molecule has 1 rings (SSSR count). The van der Waals surface area contributed by atoms with Crippen molar-refractivity contribution < 1.29 is 14.7 Å². The standard InChI is InChI=1S/C8H16N2O3/c1-9-5-6(11)4-7(9)8(12)10(2)13-3/h6-7,11H,4-5H2,1-3H3. The van der Waals surface area contributed by atoms with Crippen molar-refractivity contribution in [1.82, 2.24) is 9.96 Å². The van der Waals surface area contributed by atoms with Crippen LogP contribution in [0.25, 0.3) is 0 Å². The summed E-state index contributed by atoms with van der Waals surface area (Å²) in [6, 6.07) is -0.250. The normalized spacial score (nSPS) is 29.2. The van der Waals surface area contributed by atoms with Gasteiger partial charge >= 0.3 is 0 Å². The van der Waals surface area contributed by atoms with E-state index in [1.165, 1.54) is 12.2 Å². The van der Waals surface area contributed by atoms with Crippen molar-refractivity contribution in [3.8, 4) is 0 Å². The van der Waals surface area contributed by atoms with Gasteiger partial charge in [0.15, 0.2) is 0 Å². The Balaban J connectivity index is 2.57. The van der Waals surface area contributed by atoms with Crippen molar-refractivity contribution in [1.29, 1.82) is 0 Å². The molecule has 1 heterocycles. The van der Waals surface area contributed by atoms with E-state index in [9.17, 15) is 9.90 Å². The molecule has 76 valence electrons. The molecule has 2 atom stereocenters. The molecule has 0 saturated carbocycles. The molecule has 0 aromatic rings. The quantitative estimate of drug-likeness (QED) is 0.569. The third kappa shape index (κ3) is 2.18. The van der Waals surface area contributed by atoms with Gasteiger partial charge in [0.25, 0.3) is 5.91 Å². The number of aliphatic hydroxyl groups excluding tert-OH is 1. The van der Waals surface area contributed by atoms with Crippen LogP contribution in [-0.4, -0.2) is 60.9 Å². The van der Waals surface area contributed by atoms with Crippen molar-refractivity contribution in [2.24, 2.45) is 0 Å². The van der Waals surface area contributed by atoms with Crippen molar-refractivity contribution in [2.45, 2.75) is 18.6 Å². The van der Waals surface area contributed by atoms with Gasteiger partial charge in [0.1, 0.15) is 0 Å². The van der Waals surface area contributed by atoms with Gasteiger partial charge in [-0.25, -0.2) is 5.06 Å². The smallest absolute Gasteiger partial charge is 0.263 e. The first kappa shape index (κ1) is 10.4. The van der Waals surface area contributed by atoms with Crippen LogP contribution in [0.2, 0.25) is 0 Å². The van der Waals surface area contributed by atoms with E-state index in [2.05, 4.69) is 0 Å². The van der Waals surface area contributed by atoms with Crippen molar-refractivity contribution in [2.75, 3.05) is 27.7 Å². The molecule has 0 spiro atoms. The molecule has 1 N–H and O–H groups in total. The largest absolute Gasteiger partial charge is 0.392 e. The lowest BCUT2D eigenvalue weighted by molar-refractivity contribution is -0.173. The first-order valence-corrected chi connectivity index (χ1v) is 4.26. The lowest BCUT2D eigenvalue weighted by Gasteiger charge is -2.22. The van der Waals surface area contributed by atoms with Crippen LogP contribution in [-0.2, 0) is 9.63 Å². The SMILES string of the molecule is CON(C)C(=O)C1CC(O)CN1C. The zero-order valence-electron chi connectivity index (χ0n) is 8.23. The zero-order valence-corrected chi connectivity index (χ0v) is 8.23. The number of nitrogens with zero attached hydrogens (tertiary/aromatic N) is 2. The van der Waals surface area contributed by atoms with Gasteiger partial charge in [0, 0.05) is 13.6 Å². The van der Waals surface area contributed by atoms with E-state index in [0.29, 0.717) is 13.0 Å². The van der Waals surface area contributed by atoms with Crippen LogP contribution in [0.1, 0.15) is 6.42 Å². The third-order valence-corrected chi connectivity index (χ3v) is 2.40. The Labute approximate surface area is 77.8 Å². The maximum atomic E-state index is 11.6. The maximum Gasteiger partial charge on any atom is 0.263 e. The molecule has 1 aliphatic rings. The highest BCUT2D eigenvalue weighted by atomic mass is 16.7. The van der Waals surface area contributed by atoms with E-state index in [1.54, 1.807) is 7.05 Å². The van der Waals surface area contributed by atoms with Gasteiger partial charge in [0.2, 0.25) is 0 Å². The molecule has 0 aromatic carbocycles. The lowest BCUT2D eigenvalue weighted by atomic mass is 10.2. The topological polar surface area (TPSA) is 53.0 Å². The average molecular weight is 188 g/mol. The number of hydrogen-bond acceptors (Lipinski definition) is 4. The lowest BCUT2D eigenvalue weighted by Crippen LogP contribution is -2.41. The summed E-state index contributed by atoms with van der Waals surface area (Å²) in [6.45, 7) is 0.550. The number of likely N-dealkylation sites (N-methyl/N-ethyl adjacent to an activating group) is 2. The second-order valence-electron chi connectivity index (χ2n) is 3.36. The summed E-state index contributed by atoms with van der Waals surface area (Å²) in [6.07, 6.45) is 0.0902. The van der Waals surface area contributed by atoms with Gasteiger partial charge in [0.05, 0.1) is 19.3 Å². The van der Waals surface area contributed by atoms with Crippen LogP contribution in [0.3, 0.4) is 0 Å². The Morgan fingerprint density at radius 2 is 2.31 bits per heavy atom. The second-order valence-corrected chi connectivity index (χ2v) is 3.36. The van der Waals surface area contributed by atoms with E-state index < -0.39 is 6.10 Å². The maximum absolute atomic E-state index is 11.6. The molecule has 0 aliphatic carbocycles. The number of β-amino-alcohol motifs (C(OH)–C–C–N with tert-alkyl or cyclic N) is 1. The summed E-state index contributed by atoms with van der Waals surface area (Å²) in [4.78, 5) is 18.2. The van der Waals surface area contributed by atoms with Crippen LogP contribution in [0, 0.1) is 0 Å². The summed E-state index contributed by atoms with van der Waals surface area (Å²) < 4.78 is 0. The minimum Gasteiger partial charge on any atom is -0.392 e. The summed E-state index contributed by atoms with van der Waals surface area (Å²) in [7, 11) is 4.84. The Kier molecular flexibility index (Phi) is 3.24. The van der Waals surface area contributed by atoms with Gasteiger partial charge in [-0.05, 0) is 13.5 Å². The number of rotatable bonds is 2. The highest BCUT2D eigenvalue weighted by Gasteiger charge is 2.35. The number of aliphatic hydroxyl groups is 1. The van der Waals surface area contributed by atoms with Crippen molar-refractivity contribution >= 4 is 5.91 Å². The molecule has 2 unspecified atom stereocenters. The molecular formula is C8H16N2O3. The molecule has 5 heteroatoms. The Morgan fingerprint density at radius 1 is 1.69 bits per heavy atom. The van der Waals surface area contributed by atoms with Gasteiger partial charge in [-0.1, -0.05) is 0 Å². The summed E-state index contributed by atoms with van der Waals surface area (Å²) >= 11 is 0. The fraction of sp³-hybridized carbons (Fsp3) is 0.875.